The average molecular weight is 248 g/mol. The Kier molecular flexibility index (Phi) is 3.34. The van der Waals surface area contributed by atoms with Gasteiger partial charge in [-0.15, -0.1) is 0 Å². The number of aromatic nitrogens is 2. The molecule has 18 heavy (non-hydrogen) atoms. The van der Waals surface area contributed by atoms with Crippen molar-refractivity contribution < 1.29 is 14.4 Å². The quantitative estimate of drug-likeness (QED) is 0.898. The number of ether oxygens (including phenoxy) is 1. The van der Waals surface area contributed by atoms with Crippen LogP contribution in [0.3, 0.4) is 0 Å². The molecule has 5 nitrogen and oxygen atoms in total. The summed E-state index contributed by atoms with van der Waals surface area (Å²) in [6.07, 6.45) is 0.487. The summed E-state index contributed by atoms with van der Waals surface area (Å²) in [6.45, 7) is 3.74. The number of nitrogens with zero attached hydrogens (tertiary/aromatic N) is 2. The summed E-state index contributed by atoms with van der Waals surface area (Å²) in [7, 11) is 1.60. The molecule has 0 radical (unpaired) electrons. The van der Waals surface area contributed by atoms with Crippen LogP contribution < -0.4 is 0 Å². The molecular formula is C13H16N2O3. The zero-order chi connectivity index (χ0) is 13.2. The fourth-order valence-electron chi connectivity index (χ4n) is 1.50. The minimum Gasteiger partial charge on any atom is -0.508 e. The molecule has 0 aliphatic rings. The van der Waals surface area contributed by atoms with Crippen LogP contribution in [0.15, 0.2) is 28.8 Å². The van der Waals surface area contributed by atoms with Crippen LogP contribution in [-0.2, 0) is 16.8 Å². The predicted molar refractivity (Wildman–Crippen MR) is 65.2 cm³/mol. The van der Waals surface area contributed by atoms with Gasteiger partial charge in [-0.1, -0.05) is 17.3 Å². The van der Waals surface area contributed by atoms with E-state index in [0.717, 1.165) is 5.56 Å². The molecule has 0 atom stereocenters. The number of hydrogen-bond donors (Lipinski definition) is 1. The topological polar surface area (TPSA) is 68.4 Å². The zero-order valence-electron chi connectivity index (χ0n) is 10.7. The lowest BCUT2D eigenvalue weighted by atomic mass is 10.1. The third-order valence-electron chi connectivity index (χ3n) is 2.78. The summed E-state index contributed by atoms with van der Waals surface area (Å²) < 4.78 is 10.5. The third-order valence-corrected chi connectivity index (χ3v) is 2.78. The molecule has 0 amide bonds. The van der Waals surface area contributed by atoms with Gasteiger partial charge >= 0.3 is 0 Å². The molecule has 1 aromatic carbocycles. The summed E-state index contributed by atoms with van der Waals surface area (Å²) in [5.74, 6) is 1.24. The molecule has 1 heterocycles. The maximum atomic E-state index is 9.38. The second-order valence-corrected chi connectivity index (χ2v) is 4.57. The van der Waals surface area contributed by atoms with E-state index in [2.05, 4.69) is 10.1 Å². The Hall–Kier alpha value is -1.88. The first-order valence-electron chi connectivity index (χ1n) is 5.67. The fourth-order valence-corrected chi connectivity index (χ4v) is 1.50. The van der Waals surface area contributed by atoms with Crippen molar-refractivity contribution in [2.45, 2.75) is 25.9 Å². The number of aromatic hydroxyl groups is 1. The van der Waals surface area contributed by atoms with Crippen LogP contribution in [0.1, 0.15) is 31.1 Å². The smallest absolute Gasteiger partial charge is 0.231 e. The molecule has 0 spiro atoms. The van der Waals surface area contributed by atoms with Crippen molar-refractivity contribution in [3.8, 4) is 5.75 Å². The maximum Gasteiger partial charge on any atom is 0.231 e. The lowest BCUT2D eigenvalue weighted by Crippen LogP contribution is -2.21. The van der Waals surface area contributed by atoms with E-state index in [1.165, 1.54) is 0 Å². The van der Waals surface area contributed by atoms with Gasteiger partial charge in [0.25, 0.3) is 0 Å². The molecule has 0 fully saturated rings. The molecule has 0 aliphatic heterocycles. The summed E-state index contributed by atoms with van der Waals surface area (Å²) in [4.78, 5) is 4.29. The van der Waals surface area contributed by atoms with Gasteiger partial charge in [-0.05, 0) is 31.5 Å². The van der Waals surface area contributed by atoms with Crippen molar-refractivity contribution in [1.82, 2.24) is 10.1 Å². The molecule has 0 unspecified atom stereocenters. The molecule has 96 valence electrons. The first-order chi connectivity index (χ1) is 8.51. The molecule has 5 heteroatoms. The average Bonchev–Trinajstić information content (AvgIpc) is 2.78. The lowest BCUT2D eigenvalue weighted by Gasteiger charge is -2.17. The van der Waals surface area contributed by atoms with Gasteiger partial charge in [0, 0.05) is 7.11 Å². The van der Waals surface area contributed by atoms with E-state index < -0.39 is 5.60 Å². The van der Waals surface area contributed by atoms with Crippen LogP contribution in [0.25, 0.3) is 0 Å². The maximum absolute atomic E-state index is 9.38. The number of methoxy groups -OCH3 is 1. The van der Waals surface area contributed by atoms with Crippen LogP contribution in [0.2, 0.25) is 0 Å². The Morgan fingerprint density at radius 3 is 2.83 bits per heavy atom. The summed E-state index contributed by atoms with van der Waals surface area (Å²) >= 11 is 0. The van der Waals surface area contributed by atoms with Crippen LogP contribution in [0.4, 0.5) is 0 Å². The van der Waals surface area contributed by atoms with Crippen molar-refractivity contribution >= 4 is 0 Å². The van der Waals surface area contributed by atoms with E-state index in [0.29, 0.717) is 18.1 Å². The number of hydrogen-bond acceptors (Lipinski definition) is 5. The Balaban J connectivity index is 2.16. The van der Waals surface area contributed by atoms with Crippen molar-refractivity contribution in [2.24, 2.45) is 0 Å². The summed E-state index contributed by atoms with van der Waals surface area (Å²) in [5.41, 5.74) is 0.348. The highest BCUT2D eigenvalue weighted by Gasteiger charge is 2.26. The van der Waals surface area contributed by atoms with E-state index in [-0.39, 0.29) is 5.75 Å². The van der Waals surface area contributed by atoms with Gasteiger partial charge in [0.15, 0.2) is 0 Å². The van der Waals surface area contributed by atoms with Crippen LogP contribution in [0.5, 0.6) is 5.75 Å². The Bertz CT molecular complexity index is 535. The van der Waals surface area contributed by atoms with Crippen molar-refractivity contribution in [2.75, 3.05) is 7.11 Å². The molecule has 0 saturated heterocycles. The van der Waals surface area contributed by atoms with E-state index >= 15 is 0 Å². The largest absolute Gasteiger partial charge is 0.508 e. The minimum absolute atomic E-state index is 0.226. The van der Waals surface area contributed by atoms with Crippen LogP contribution in [-0.4, -0.2) is 22.4 Å². The minimum atomic E-state index is -0.569. The highest BCUT2D eigenvalue weighted by atomic mass is 16.5. The van der Waals surface area contributed by atoms with Gasteiger partial charge in [0.2, 0.25) is 11.7 Å². The number of benzene rings is 1. The molecule has 1 aromatic heterocycles. The first kappa shape index (κ1) is 12.6. The molecular weight excluding hydrogens is 232 g/mol. The second-order valence-electron chi connectivity index (χ2n) is 4.57. The van der Waals surface area contributed by atoms with E-state index in [1.54, 1.807) is 25.3 Å². The molecule has 2 rings (SSSR count). The Labute approximate surface area is 105 Å². The standard InChI is InChI=1S/C13H16N2O3/c1-13(2,17-3)12-14-11(18-15-12)8-9-5-4-6-10(16)7-9/h4-7,16H,8H2,1-3H3. The first-order valence-corrected chi connectivity index (χ1v) is 5.67. The lowest BCUT2D eigenvalue weighted by molar-refractivity contribution is 0.00973. The number of rotatable bonds is 4. The fraction of sp³-hybridized carbons (Fsp3) is 0.385. The van der Waals surface area contributed by atoms with Crippen molar-refractivity contribution in [3.63, 3.8) is 0 Å². The molecule has 0 aliphatic carbocycles. The van der Waals surface area contributed by atoms with Crippen LogP contribution >= 0.6 is 0 Å². The Morgan fingerprint density at radius 2 is 2.17 bits per heavy atom. The zero-order valence-corrected chi connectivity index (χ0v) is 10.7. The third kappa shape index (κ3) is 2.68. The van der Waals surface area contributed by atoms with Gasteiger partial charge in [0.1, 0.15) is 11.4 Å². The van der Waals surface area contributed by atoms with E-state index in [1.807, 2.05) is 19.9 Å². The molecule has 0 bridgehead atoms. The van der Waals surface area contributed by atoms with Gasteiger partial charge in [0.05, 0.1) is 6.42 Å². The molecule has 1 N–H and O–H groups in total. The number of phenols is 1. The molecule has 0 saturated carbocycles. The van der Waals surface area contributed by atoms with Gasteiger partial charge < -0.3 is 14.4 Å². The number of phenolic OH excluding ortho intramolecular Hbond substituents is 1. The SMILES string of the molecule is COC(C)(C)c1noc(Cc2cccc(O)c2)n1. The summed E-state index contributed by atoms with van der Waals surface area (Å²) in [6, 6.07) is 6.97. The second kappa shape index (κ2) is 4.78. The summed E-state index contributed by atoms with van der Waals surface area (Å²) in [5, 5.41) is 13.3. The van der Waals surface area contributed by atoms with E-state index in [4.69, 9.17) is 9.26 Å². The molecule has 2 aromatic rings. The Morgan fingerprint density at radius 1 is 1.39 bits per heavy atom. The van der Waals surface area contributed by atoms with Crippen LogP contribution in [0, 0.1) is 0 Å². The van der Waals surface area contributed by atoms with Gasteiger partial charge in [-0.3, -0.25) is 0 Å². The van der Waals surface area contributed by atoms with E-state index in [9.17, 15) is 5.11 Å². The normalized spacial score (nSPS) is 11.7. The van der Waals surface area contributed by atoms with Gasteiger partial charge in [-0.25, -0.2) is 0 Å². The van der Waals surface area contributed by atoms with Crippen molar-refractivity contribution in [1.29, 1.82) is 0 Å². The monoisotopic (exact) mass is 248 g/mol. The van der Waals surface area contributed by atoms with Crippen molar-refractivity contribution in [3.05, 3.63) is 41.5 Å². The van der Waals surface area contributed by atoms with Gasteiger partial charge in [-0.2, -0.15) is 4.98 Å². The highest BCUT2D eigenvalue weighted by molar-refractivity contribution is 5.28. The highest BCUT2D eigenvalue weighted by Crippen LogP contribution is 2.21. The predicted octanol–water partition coefficient (Wildman–Crippen LogP) is 2.25.